The van der Waals surface area contributed by atoms with E-state index in [9.17, 15) is 9.79 Å². The molecule has 0 heterocycles. The van der Waals surface area contributed by atoms with Gasteiger partial charge in [-0.05, 0) is 24.3 Å². The van der Waals surface area contributed by atoms with Crippen LogP contribution in [0.15, 0.2) is 0 Å². The van der Waals surface area contributed by atoms with Gasteiger partial charge in [0.25, 0.3) is 0 Å². The third-order valence-corrected chi connectivity index (χ3v) is 8.83. The summed E-state index contributed by atoms with van der Waals surface area (Å²) in [5.41, 5.74) is -3.47. The van der Waals surface area contributed by atoms with Crippen molar-refractivity contribution < 1.29 is 98.5 Å². The van der Waals surface area contributed by atoms with Crippen LogP contribution in [-0.4, -0.2) is 11.5 Å². The van der Waals surface area contributed by atoms with Gasteiger partial charge in [0.1, 0.15) is 0 Å². The molecule has 82 valence electrons. The van der Waals surface area contributed by atoms with Crippen molar-refractivity contribution in [3.8, 4) is 0 Å². The van der Waals surface area contributed by atoms with E-state index in [-0.39, 0.29) is 88.7 Å². The molecule has 0 aliphatic heterocycles. The first-order chi connectivity index (χ1) is 6.02. The summed E-state index contributed by atoms with van der Waals surface area (Å²) >= 11 is 4.55. The van der Waals surface area contributed by atoms with Crippen LogP contribution in [0.4, 0.5) is 0 Å². The summed E-state index contributed by atoms with van der Waals surface area (Å²) in [5.74, 6) is 1.56. The van der Waals surface area contributed by atoms with E-state index in [0.717, 1.165) is 37.2 Å². The standard InChI is InChI=1S/C8H18O2PS2.3Na/c1-3-5-7-13(8-6-4-2)11(9,10)12;;;/h3-8H2,1-2H3;;;/q-3;3*+1. The van der Waals surface area contributed by atoms with Gasteiger partial charge in [-0.2, -0.15) is 0 Å². The molecule has 0 aliphatic rings. The van der Waals surface area contributed by atoms with E-state index in [0.29, 0.717) is 0 Å². The zero-order valence-electron chi connectivity index (χ0n) is 11.3. The Labute approximate surface area is 174 Å². The SMILES string of the molecule is CCCCS(CCCC)=P([O-])([O-])[S-].[Na+].[Na+].[Na+]. The van der Waals surface area contributed by atoms with Gasteiger partial charge in [-0.3, -0.25) is 0 Å². The van der Waals surface area contributed by atoms with Crippen molar-refractivity contribution in [2.45, 2.75) is 39.5 Å². The van der Waals surface area contributed by atoms with E-state index in [1.165, 1.54) is 0 Å². The van der Waals surface area contributed by atoms with Gasteiger partial charge >= 0.3 is 88.7 Å². The third kappa shape index (κ3) is 16.1. The maximum atomic E-state index is 11.2. The van der Waals surface area contributed by atoms with E-state index in [4.69, 9.17) is 0 Å². The Kier molecular flexibility index (Phi) is 30.2. The fourth-order valence-electron chi connectivity index (χ4n) is 0.948. The van der Waals surface area contributed by atoms with Crippen LogP contribution in [0.2, 0.25) is 0 Å². The van der Waals surface area contributed by atoms with Crippen LogP contribution >= 0.6 is 5.69 Å². The Morgan fingerprint density at radius 2 is 1.25 bits per heavy atom. The van der Waals surface area contributed by atoms with Crippen molar-refractivity contribution in [3.05, 3.63) is 0 Å². The molecule has 0 N–H and O–H groups in total. The molecule has 0 amide bonds. The van der Waals surface area contributed by atoms with Crippen molar-refractivity contribution in [1.29, 1.82) is 0 Å². The molecular formula is C8H18Na3O2PS2. The van der Waals surface area contributed by atoms with E-state index in [2.05, 4.69) is 26.1 Å². The van der Waals surface area contributed by atoms with Crippen molar-refractivity contribution in [2.24, 2.45) is 0 Å². The Hall–Kier alpha value is 4.05. The third-order valence-electron chi connectivity index (χ3n) is 1.78. The first kappa shape index (κ1) is 28.2. The zero-order valence-corrected chi connectivity index (χ0v) is 19.9. The number of hydrogen-bond acceptors (Lipinski definition) is 3. The fourth-order valence-corrected chi connectivity index (χ4v) is 6.30. The van der Waals surface area contributed by atoms with Gasteiger partial charge in [0, 0.05) is 0 Å². The molecule has 0 aromatic carbocycles. The molecule has 0 fully saturated rings. The molecule has 0 radical (unpaired) electrons. The summed E-state index contributed by atoms with van der Waals surface area (Å²) in [7, 11) is -0.527. The minimum absolute atomic E-state index is 0. The molecule has 2 nitrogen and oxygen atoms in total. The van der Waals surface area contributed by atoms with E-state index >= 15 is 0 Å². The van der Waals surface area contributed by atoms with E-state index < -0.39 is 15.8 Å². The van der Waals surface area contributed by atoms with Crippen molar-refractivity contribution in [3.63, 3.8) is 0 Å². The molecule has 16 heavy (non-hydrogen) atoms. The minimum atomic E-state index is -3.47. The molecule has 8 heteroatoms. The monoisotopic (exact) mass is 310 g/mol. The summed E-state index contributed by atoms with van der Waals surface area (Å²) in [5, 5.41) is 0. The number of unbranched alkanes of at least 4 members (excludes halogenated alkanes) is 2. The van der Waals surface area contributed by atoms with Crippen LogP contribution in [-0.2, 0) is 22.3 Å². The van der Waals surface area contributed by atoms with Crippen molar-refractivity contribution in [1.82, 2.24) is 0 Å². The molecule has 0 unspecified atom stereocenters. The van der Waals surface area contributed by atoms with Crippen LogP contribution in [0.1, 0.15) is 39.5 Å². The molecular weight excluding hydrogens is 292 g/mol. The Morgan fingerprint density at radius 3 is 1.44 bits per heavy atom. The van der Waals surface area contributed by atoms with Gasteiger partial charge in [-0.15, -0.1) is 0 Å². The molecule has 0 rings (SSSR count). The summed E-state index contributed by atoms with van der Waals surface area (Å²) < 4.78 is 0. The van der Waals surface area contributed by atoms with Crippen molar-refractivity contribution in [2.75, 3.05) is 11.5 Å². The second-order valence-electron chi connectivity index (χ2n) is 3.02. The summed E-state index contributed by atoms with van der Waals surface area (Å²) in [6.45, 7) is 4.14. The van der Waals surface area contributed by atoms with Crippen LogP contribution < -0.4 is 98.5 Å². The number of hydrogen-bond donors (Lipinski definition) is 0. The molecule has 0 aromatic rings. The number of rotatable bonds is 6. The second kappa shape index (κ2) is 17.1. The normalized spacial score (nSPS) is 10.1. The Balaban J connectivity index is -0.000000240. The smallest absolute Gasteiger partial charge is 0.854 e. The van der Waals surface area contributed by atoms with Gasteiger partial charge in [0.2, 0.25) is 0 Å². The van der Waals surface area contributed by atoms with Crippen LogP contribution in [0, 0.1) is 0 Å². The van der Waals surface area contributed by atoms with E-state index in [1.807, 2.05) is 0 Å². The molecule has 0 aliphatic carbocycles. The quantitative estimate of drug-likeness (QED) is 0.278. The average Bonchev–Trinajstić information content (AvgIpc) is 2.02. The first-order valence-corrected chi connectivity index (χ1v) is 9.53. The van der Waals surface area contributed by atoms with E-state index in [1.54, 1.807) is 0 Å². The fraction of sp³-hybridized carbons (Fsp3) is 1.00. The van der Waals surface area contributed by atoms with Gasteiger partial charge in [0.15, 0.2) is 0 Å². The first-order valence-electron chi connectivity index (χ1n) is 4.72. The molecule has 0 spiro atoms. The van der Waals surface area contributed by atoms with Crippen LogP contribution in [0.5, 0.6) is 0 Å². The van der Waals surface area contributed by atoms with Crippen LogP contribution in [0.3, 0.4) is 0 Å². The van der Waals surface area contributed by atoms with Crippen LogP contribution in [0.25, 0.3) is 0 Å². The summed E-state index contributed by atoms with van der Waals surface area (Å²) in [6, 6.07) is 0. The van der Waals surface area contributed by atoms with Gasteiger partial charge in [0.05, 0.1) is 0 Å². The topological polar surface area (TPSA) is 46.1 Å². The van der Waals surface area contributed by atoms with Gasteiger partial charge < -0.3 is 27.7 Å². The largest absolute Gasteiger partial charge is 1.00 e. The predicted molar refractivity (Wildman–Crippen MR) is 61.2 cm³/mol. The molecule has 0 bridgehead atoms. The minimum Gasteiger partial charge on any atom is -0.854 e. The zero-order chi connectivity index (χ0) is 10.3. The van der Waals surface area contributed by atoms with Gasteiger partial charge in [-0.1, -0.05) is 26.7 Å². The molecule has 0 atom stereocenters. The second-order valence-corrected chi connectivity index (χ2v) is 10.8. The Morgan fingerprint density at radius 1 is 0.938 bits per heavy atom. The predicted octanol–water partition coefficient (Wildman–Crippen LogP) is -7.84. The maximum absolute atomic E-state index is 11.2. The average molecular weight is 310 g/mol. The molecule has 0 saturated carbocycles. The Bertz CT molecular complexity index is 181. The van der Waals surface area contributed by atoms with Gasteiger partial charge in [-0.25, -0.2) is 10.1 Å². The summed E-state index contributed by atoms with van der Waals surface area (Å²) in [4.78, 5) is 22.4. The molecule has 0 saturated heterocycles. The van der Waals surface area contributed by atoms with Crippen molar-refractivity contribution >= 4 is 28.0 Å². The molecule has 0 aromatic heterocycles. The maximum Gasteiger partial charge on any atom is 1.00 e. The summed E-state index contributed by atoms with van der Waals surface area (Å²) in [6.07, 6.45) is 4.06.